The molecule has 6 nitrogen and oxygen atoms in total. The molecule has 0 saturated carbocycles. The SMILES string of the molecule is COC(=O)N1CCCC1.O=C(O)N1CCCC1. The Morgan fingerprint density at radius 2 is 1.35 bits per heavy atom. The van der Waals surface area contributed by atoms with Crippen LogP contribution in [-0.4, -0.2) is 60.4 Å². The van der Waals surface area contributed by atoms with Crippen molar-refractivity contribution in [1.82, 2.24) is 9.80 Å². The van der Waals surface area contributed by atoms with E-state index in [1.54, 1.807) is 4.90 Å². The fourth-order valence-electron chi connectivity index (χ4n) is 1.94. The van der Waals surface area contributed by atoms with E-state index >= 15 is 0 Å². The molecule has 0 aliphatic carbocycles. The van der Waals surface area contributed by atoms with E-state index in [4.69, 9.17) is 5.11 Å². The van der Waals surface area contributed by atoms with Crippen molar-refractivity contribution in [2.45, 2.75) is 25.7 Å². The van der Waals surface area contributed by atoms with Crippen LogP contribution in [0.1, 0.15) is 25.7 Å². The van der Waals surface area contributed by atoms with Crippen LogP contribution in [0.5, 0.6) is 0 Å². The van der Waals surface area contributed by atoms with Crippen LogP contribution in [0.3, 0.4) is 0 Å². The summed E-state index contributed by atoms with van der Waals surface area (Å²) in [4.78, 5) is 24.0. The second-order valence-corrected chi connectivity index (χ2v) is 4.14. The van der Waals surface area contributed by atoms with Crippen molar-refractivity contribution in [3.8, 4) is 0 Å². The maximum atomic E-state index is 10.7. The summed E-state index contributed by atoms with van der Waals surface area (Å²) in [5, 5.41) is 8.34. The first kappa shape index (κ1) is 13.6. The summed E-state index contributed by atoms with van der Waals surface area (Å²) in [7, 11) is 1.42. The first-order valence-corrected chi connectivity index (χ1v) is 5.96. The molecule has 0 aromatic carbocycles. The van der Waals surface area contributed by atoms with Crippen molar-refractivity contribution in [2.75, 3.05) is 33.3 Å². The molecule has 17 heavy (non-hydrogen) atoms. The van der Waals surface area contributed by atoms with Crippen LogP contribution >= 0.6 is 0 Å². The lowest BCUT2D eigenvalue weighted by Crippen LogP contribution is -2.27. The van der Waals surface area contributed by atoms with Gasteiger partial charge in [0.25, 0.3) is 0 Å². The van der Waals surface area contributed by atoms with Gasteiger partial charge < -0.3 is 19.6 Å². The molecule has 2 saturated heterocycles. The van der Waals surface area contributed by atoms with E-state index in [0.29, 0.717) is 0 Å². The Balaban J connectivity index is 0.000000171. The second-order valence-electron chi connectivity index (χ2n) is 4.14. The van der Waals surface area contributed by atoms with E-state index < -0.39 is 6.09 Å². The van der Waals surface area contributed by atoms with E-state index in [0.717, 1.165) is 51.9 Å². The molecule has 0 aromatic heterocycles. The van der Waals surface area contributed by atoms with Crippen LogP contribution in [0.2, 0.25) is 0 Å². The average molecular weight is 244 g/mol. The van der Waals surface area contributed by atoms with E-state index in [1.807, 2.05) is 0 Å². The van der Waals surface area contributed by atoms with Crippen molar-refractivity contribution < 1.29 is 19.4 Å². The number of hydrogen-bond donors (Lipinski definition) is 1. The van der Waals surface area contributed by atoms with E-state index in [9.17, 15) is 9.59 Å². The predicted octanol–water partition coefficient (Wildman–Crippen LogP) is 1.61. The maximum Gasteiger partial charge on any atom is 0.409 e. The largest absolute Gasteiger partial charge is 0.465 e. The van der Waals surface area contributed by atoms with Gasteiger partial charge in [0.15, 0.2) is 0 Å². The van der Waals surface area contributed by atoms with Crippen molar-refractivity contribution in [3.05, 3.63) is 0 Å². The van der Waals surface area contributed by atoms with Crippen LogP contribution in [0, 0.1) is 0 Å². The van der Waals surface area contributed by atoms with Crippen molar-refractivity contribution >= 4 is 12.2 Å². The second kappa shape index (κ2) is 6.98. The third-order valence-electron chi connectivity index (χ3n) is 2.92. The Hall–Kier alpha value is -1.46. The van der Waals surface area contributed by atoms with Crippen molar-refractivity contribution in [3.63, 3.8) is 0 Å². The predicted molar refractivity (Wildman–Crippen MR) is 62.0 cm³/mol. The molecule has 0 bridgehead atoms. The third kappa shape index (κ3) is 4.50. The highest BCUT2D eigenvalue weighted by Crippen LogP contribution is 2.07. The number of ether oxygens (including phenoxy) is 1. The van der Waals surface area contributed by atoms with Gasteiger partial charge in [0.05, 0.1) is 7.11 Å². The summed E-state index contributed by atoms with van der Waals surface area (Å²) in [6.45, 7) is 3.20. The topological polar surface area (TPSA) is 70.1 Å². The van der Waals surface area contributed by atoms with Crippen LogP contribution in [0.4, 0.5) is 9.59 Å². The molecule has 1 N–H and O–H groups in total. The number of methoxy groups -OCH3 is 1. The molecule has 2 aliphatic rings. The highest BCUT2D eigenvalue weighted by molar-refractivity contribution is 5.67. The number of carboxylic acid groups (broad SMARTS) is 1. The molecule has 0 radical (unpaired) electrons. The molecule has 98 valence electrons. The lowest BCUT2D eigenvalue weighted by atomic mass is 10.4. The Bertz CT molecular complexity index is 258. The molecule has 6 heteroatoms. The highest BCUT2D eigenvalue weighted by Gasteiger charge is 2.17. The number of carbonyl (C=O) groups is 2. The van der Waals surface area contributed by atoms with Gasteiger partial charge in [0.1, 0.15) is 0 Å². The summed E-state index contributed by atoms with van der Waals surface area (Å²) in [6.07, 6.45) is 3.35. The zero-order chi connectivity index (χ0) is 12.7. The van der Waals surface area contributed by atoms with Crippen LogP contribution < -0.4 is 0 Å². The molecular formula is C11H20N2O4. The van der Waals surface area contributed by atoms with Gasteiger partial charge in [-0.25, -0.2) is 9.59 Å². The summed E-state index contributed by atoms with van der Waals surface area (Å²) in [5.74, 6) is 0. The fraction of sp³-hybridized carbons (Fsp3) is 0.818. The van der Waals surface area contributed by atoms with E-state index in [1.165, 1.54) is 12.0 Å². The molecule has 2 aliphatic heterocycles. The number of carbonyl (C=O) groups excluding carboxylic acids is 1. The zero-order valence-corrected chi connectivity index (χ0v) is 10.2. The van der Waals surface area contributed by atoms with Gasteiger partial charge in [-0.1, -0.05) is 0 Å². The lowest BCUT2D eigenvalue weighted by Gasteiger charge is -2.11. The molecule has 0 unspecified atom stereocenters. The van der Waals surface area contributed by atoms with E-state index in [2.05, 4.69) is 4.74 Å². The molecule has 0 spiro atoms. The Morgan fingerprint density at radius 1 is 0.941 bits per heavy atom. The fourth-order valence-corrected chi connectivity index (χ4v) is 1.94. The highest BCUT2D eigenvalue weighted by atomic mass is 16.5. The minimum atomic E-state index is -0.775. The first-order chi connectivity index (χ1) is 8.15. The number of nitrogens with zero attached hydrogens (tertiary/aromatic N) is 2. The Morgan fingerprint density at radius 3 is 1.65 bits per heavy atom. The third-order valence-corrected chi connectivity index (χ3v) is 2.92. The maximum absolute atomic E-state index is 10.7. The van der Waals surface area contributed by atoms with Crippen LogP contribution in [0.25, 0.3) is 0 Å². The summed E-state index contributed by atoms with van der Waals surface area (Å²) in [5.41, 5.74) is 0. The van der Waals surface area contributed by atoms with Gasteiger partial charge in [0.2, 0.25) is 0 Å². The van der Waals surface area contributed by atoms with Crippen molar-refractivity contribution in [2.24, 2.45) is 0 Å². The quantitative estimate of drug-likeness (QED) is 0.702. The number of likely N-dealkylation sites (tertiary alicyclic amines) is 2. The standard InChI is InChI=1S/C6H11NO2.C5H9NO2/c1-9-6(8)7-4-2-3-5-7;7-5(8)6-3-1-2-4-6/h2-5H2,1H3;1-4H2,(H,7,8). The summed E-state index contributed by atoms with van der Waals surface area (Å²) >= 11 is 0. The molecule has 2 rings (SSSR count). The molecule has 2 amide bonds. The monoisotopic (exact) mass is 244 g/mol. The smallest absolute Gasteiger partial charge is 0.409 e. The summed E-state index contributed by atoms with van der Waals surface area (Å²) < 4.78 is 4.52. The van der Waals surface area contributed by atoms with Gasteiger partial charge in [-0.15, -0.1) is 0 Å². The van der Waals surface area contributed by atoms with Gasteiger partial charge in [-0.2, -0.15) is 0 Å². The van der Waals surface area contributed by atoms with Crippen LogP contribution in [0.15, 0.2) is 0 Å². The normalized spacial score (nSPS) is 18.6. The van der Waals surface area contributed by atoms with Crippen LogP contribution in [-0.2, 0) is 4.74 Å². The minimum absolute atomic E-state index is 0.187. The van der Waals surface area contributed by atoms with Gasteiger partial charge in [-0.05, 0) is 25.7 Å². The van der Waals surface area contributed by atoms with E-state index in [-0.39, 0.29) is 6.09 Å². The Kier molecular flexibility index (Phi) is 5.59. The first-order valence-electron chi connectivity index (χ1n) is 5.96. The Labute approximate surface area is 101 Å². The number of rotatable bonds is 0. The molecule has 0 atom stereocenters. The lowest BCUT2D eigenvalue weighted by molar-refractivity contribution is 0.133. The van der Waals surface area contributed by atoms with Gasteiger partial charge >= 0.3 is 12.2 Å². The van der Waals surface area contributed by atoms with Crippen molar-refractivity contribution in [1.29, 1.82) is 0 Å². The zero-order valence-electron chi connectivity index (χ0n) is 10.2. The molecule has 2 heterocycles. The molecule has 0 aromatic rings. The van der Waals surface area contributed by atoms with Gasteiger partial charge in [0, 0.05) is 26.2 Å². The minimum Gasteiger partial charge on any atom is -0.465 e. The average Bonchev–Trinajstić information content (AvgIpc) is 3.01. The molecule has 2 fully saturated rings. The van der Waals surface area contributed by atoms with Gasteiger partial charge in [-0.3, -0.25) is 0 Å². The number of hydrogen-bond acceptors (Lipinski definition) is 3. The summed E-state index contributed by atoms with van der Waals surface area (Å²) in [6, 6.07) is 0. The molecular weight excluding hydrogens is 224 g/mol. The number of amides is 2.